The van der Waals surface area contributed by atoms with E-state index in [1.54, 1.807) is 13.8 Å². The van der Waals surface area contributed by atoms with E-state index in [-0.39, 0.29) is 12.6 Å². The Labute approximate surface area is 117 Å². The first-order chi connectivity index (χ1) is 8.99. The van der Waals surface area contributed by atoms with Crippen LogP contribution in [0.1, 0.15) is 17.1 Å². The summed E-state index contributed by atoms with van der Waals surface area (Å²) in [6, 6.07) is 0. The van der Waals surface area contributed by atoms with Gasteiger partial charge in [-0.2, -0.15) is 0 Å². The Kier molecular flexibility index (Phi) is 4.91. The molecule has 8 heteroatoms. The maximum atomic E-state index is 12.2. The molecule has 1 fully saturated rings. The molecule has 0 amide bonds. The van der Waals surface area contributed by atoms with Crippen LogP contribution in [-0.2, 0) is 14.8 Å². The third kappa shape index (κ3) is 3.96. The van der Waals surface area contributed by atoms with Gasteiger partial charge < -0.3 is 10.1 Å². The zero-order valence-corrected chi connectivity index (χ0v) is 12.7. The summed E-state index contributed by atoms with van der Waals surface area (Å²) >= 11 is 1.19. The van der Waals surface area contributed by atoms with Crippen LogP contribution in [0.4, 0.5) is 0 Å². The molecule has 1 aliphatic rings. The van der Waals surface area contributed by atoms with Crippen LogP contribution in [0.5, 0.6) is 0 Å². The van der Waals surface area contributed by atoms with E-state index in [0.717, 1.165) is 18.0 Å². The molecule has 108 valence electrons. The van der Waals surface area contributed by atoms with E-state index >= 15 is 0 Å². The molecule has 0 aliphatic carbocycles. The van der Waals surface area contributed by atoms with Crippen LogP contribution >= 0.6 is 11.3 Å². The average molecular weight is 305 g/mol. The molecule has 1 aliphatic heterocycles. The molecule has 2 rings (SSSR count). The molecule has 0 bridgehead atoms. The molecule has 0 aromatic carbocycles. The summed E-state index contributed by atoms with van der Waals surface area (Å²) in [4.78, 5) is 4.14. The Hall–Kier alpha value is -0.540. The van der Waals surface area contributed by atoms with Crippen molar-refractivity contribution in [2.24, 2.45) is 0 Å². The van der Waals surface area contributed by atoms with E-state index in [1.165, 1.54) is 11.3 Å². The Morgan fingerprint density at radius 3 is 3.00 bits per heavy atom. The quantitative estimate of drug-likeness (QED) is 0.842. The van der Waals surface area contributed by atoms with Crippen molar-refractivity contribution in [2.75, 3.05) is 26.2 Å². The summed E-state index contributed by atoms with van der Waals surface area (Å²) < 4.78 is 32.8. The van der Waals surface area contributed by atoms with Crippen molar-refractivity contribution in [3.63, 3.8) is 0 Å². The molecule has 1 atom stereocenters. The van der Waals surface area contributed by atoms with Crippen molar-refractivity contribution in [1.29, 1.82) is 0 Å². The third-order valence-corrected chi connectivity index (χ3v) is 5.94. The summed E-state index contributed by atoms with van der Waals surface area (Å²) in [6.07, 6.45) is 0.836. The molecule has 19 heavy (non-hydrogen) atoms. The Morgan fingerprint density at radius 2 is 2.32 bits per heavy atom. The fraction of sp³-hybridized carbons (Fsp3) is 0.727. The monoisotopic (exact) mass is 305 g/mol. The second-order valence-electron chi connectivity index (χ2n) is 4.51. The molecule has 0 saturated carbocycles. The zero-order valence-electron chi connectivity index (χ0n) is 11.1. The Morgan fingerprint density at radius 1 is 1.53 bits per heavy atom. The third-order valence-electron chi connectivity index (χ3n) is 2.83. The van der Waals surface area contributed by atoms with Gasteiger partial charge in [0.05, 0.1) is 16.8 Å². The highest BCUT2D eigenvalue weighted by atomic mass is 32.2. The zero-order chi connectivity index (χ0) is 13.9. The van der Waals surface area contributed by atoms with Gasteiger partial charge in [-0.3, -0.25) is 0 Å². The normalized spacial score (nSPS) is 21.3. The summed E-state index contributed by atoms with van der Waals surface area (Å²) in [7, 11) is -3.48. The number of aromatic nitrogens is 1. The first-order valence-electron chi connectivity index (χ1n) is 6.25. The summed E-state index contributed by atoms with van der Waals surface area (Å²) in [6.45, 7) is 6.04. The van der Waals surface area contributed by atoms with Crippen molar-refractivity contribution in [2.45, 2.75) is 30.6 Å². The lowest BCUT2D eigenvalue weighted by molar-refractivity contribution is 0.0707. The van der Waals surface area contributed by atoms with E-state index < -0.39 is 10.0 Å². The first kappa shape index (κ1) is 14.9. The van der Waals surface area contributed by atoms with E-state index in [0.29, 0.717) is 23.1 Å². The van der Waals surface area contributed by atoms with E-state index in [1.807, 2.05) is 0 Å². The minimum Gasteiger partial charge on any atom is -0.375 e. The van der Waals surface area contributed by atoms with Gasteiger partial charge in [-0.05, 0) is 26.8 Å². The molecular weight excluding hydrogens is 286 g/mol. The van der Waals surface area contributed by atoms with E-state index in [2.05, 4.69) is 15.0 Å². The summed E-state index contributed by atoms with van der Waals surface area (Å²) in [5.74, 6) is 0. The molecule has 2 N–H and O–H groups in total. The van der Waals surface area contributed by atoms with Crippen LogP contribution < -0.4 is 10.0 Å². The predicted octanol–water partition coefficient (Wildman–Crippen LogP) is 0.417. The lowest BCUT2D eigenvalue weighted by atomic mass is 10.3. The Bertz CT molecular complexity index is 519. The van der Waals surface area contributed by atoms with Crippen LogP contribution in [0, 0.1) is 13.8 Å². The van der Waals surface area contributed by atoms with Crippen LogP contribution in [0.15, 0.2) is 4.21 Å². The van der Waals surface area contributed by atoms with Crippen molar-refractivity contribution >= 4 is 21.4 Å². The van der Waals surface area contributed by atoms with Crippen LogP contribution in [0.3, 0.4) is 0 Å². The van der Waals surface area contributed by atoms with E-state index in [4.69, 9.17) is 4.74 Å². The van der Waals surface area contributed by atoms with Crippen LogP contribution in [0.2, 0.25) is 0 Å². The molecule has 0 spiro atoms. The highest BCUT2D eigenvalue weighted by molar-refractivity contribution is 7.91. The van der Waals surface area contributed by atoms with Gasteiger partial charge >= 0.3 is 0 Å². The molecular formula is C11H19N3O3S2. The molecule has 1 unspecified atom stereocenters. The smallest absolute Gasteiger partial charge is 0.252 e. The number of hydrogen-bond acceptors (Lipinski definition) is 6. The minimum atomic E-state index is -3.48. The summed E-state index contributed by atoms with van der Waals surface area (Å²) in [5.41, 5.74) is 0.551. The average Bonchev–Trinajstić information content (AvgIpc) is 2.56. The van der Waals surface area contributed by atoms with Gasteiger partial charge in [0.15, 0.2) is 4.21 Å². The number of thiazole rings is 1. The Balaban J connectivity index is 1.99. The number of sulfonamides is 1. The fourth-order valence-corrected chi connectivity index (χ4v) is 4.52. The van der Waals surface area contributed by atoms with Gasteiger partial charge in [0.25, 0.3) is 10.0 Å². The van der Waals surface area contributed by atoms with Crippen molar-refractivity contribution < 1.29 is 13.2 Å². The highest BCUT2D eigenvalue weighted by Crippen LogP contribution is 2.22. The maximum absolute atomic E-state index is 12.2. The molecule has 1 aromatic rings. The molecule has 2 heterocycles. The molecule has 1 saturated heterocycles. The minimum absolute atomic E-state index is 0.119. The number of hydrogen-bond donors (Lipinski definition) is 2. The number of aryl methyl sites for hydroxylation is 2. The van der Waals surface area contributed by atoms with Crippen molar-refractivity contribution in [3.05, 3.63) is 10.7 Å². The second kappa shape index (κ2) is 6.27. The van der Waals surface area contributed by atoms with Gasteiger partial charge in [0, 0.05) is 19.7 Å². The number of nitrogens with one attached hydrogen (secondary N) is 2. The van der Waals surface area contributed by atoms with Crippen molar-refractivity contribution in [1.82, 2.24) is 15.0 Å². The van der Waals surface area contributed by atoms with Gasteiger partial charge in [0.1, 0.15) is 0 Å². The molecule has 0 radical (unpaired) electrons. The largest absolute Gasteiger partial charge is 0.375 e. The van der Waals surface area contributed by atoms with Gasteiger partial charge in [-0.1, -0.05) is 0 Å². The van der Waals surface area contributed by atoms with E-state index in [9.17, 15) is 8.42 Å². The fourth-order valence-electron chi connectivity index (χ4n) is 1.93. The van der Waals surface area contributed by atoms with Gasteiger partial charge in [0.2, 0.25) is 0 Å². The van der Waals surface area contributed by atoms with Crippen LogP contribution in [-0.4, -0.2) is 45.7 Å². The van der Waals surface area contributed by atoms with Gasteiger partial charge in [-0.25, -0.2) is 18.1 Å². The predicted molar refractivity (Wildman–Crippen MR) is 74.0 cm³/mol. The molecule has 6 nitrogen and oxygen atoms in total. The standard InChI is InChI=1S/C11H19N3O3S2/c1-8-11(18-9(2)14-8)19(15,16)13-7-10-6-12-4-3-5-17-10/h10,12-13H,3-7H2,1-2H3. The summed E-state index contributed by atoms with van der Waals surface area (Å²) in [5, 5.41) is 3.97. The number of nitrogens with zero attached hydrogens (tertiary/aromatic N) is 1. The highest BCUT2D eigenvalue weighted by Gasteiger charge is 2.22. The maximum Gasteiger partial charge on any atom is 0.252 e. The second-order valence-corrected chi connectivity index (χ2v) is 7.67. The first-order valence-corrected chi connectivity index (χ1v) is 8.55. The topological polar surface area (TPSA) is 80.3 Å². The lowest BCUT2D eigenvalue weighted by Crippen LogP contribution is -2.38. The van der Waals surface area contributed by atoms with Crippen molar-refractivity contribution in [3.8, 4) is 0 Å². The van der Waals surface area contributed by atoms with Crippen LogP contribution in [0.25, 0.3) is 0 Å². The number of rotatable bonds is 4. The van der Waals surface area contributed by atoms with Gasteiger partial charge in [-0.15, -0.1) is 11.3 Å². The SMILES string of the molecule is Cc1nc(C)c(S(=O)(=O)NCC2CNCCCO2)s1. The number of ether oxygens (including phenoxy) is 1. The lowest BCUT2D eigenvalue weighted by Gasteiger charge is -2.15. The molecule has 1 aromatic heterocycles.